The summed E-state index contributed by atoms with van der Waals surface area (Å²) in [6.07, 6.45) is 0.0615. The molecular formula is C20H21ClN3O2Tc-. The molecule has 0 fully saturated rings. The second-order valence-corrected chi connectivity index (χ2v) is 7.74. The standard InChI is InChI=1S/C20H21ClN3O2.Tc/c1-20(2,3)26-19(25)24(4)8-7-12-9-14(22)11-16-15-10-13(21)5-6-17(15)23-18(12)16;/h5-6,9-11,22H,4,7-8H2,1-3H3;/q-1;. The van der Waals surface area contributed by atoms with Gasteiger partial charge in [-0.05, 0) is 43.7 Å². The molecule has 1 aromatic heterocycles. The SMILES string of the molecule is C=[N+](CCc1cc([NH-])cc2c1[n-]c1ccc(Cl)cc12)C(=O)OC(C)(C)C.[Tc]. The molecule has 1 heterocycles. The molecule has 143 valence electrons. The Morgan fingerprint density at radius 3 is 2.63 bits per heavy atom. The number of fused-ring (bicyclic) bond motifs is 3. The van der Waals surface area contributed by atoms with Crippen LogP contribution >= 0.6 is 11.6 Å². The van der Waals surface area contributed by atoms with Crippen LogP contribution in [-0.2, 0) is 31.3 Å². The van der Waals surface area contributed by atoms with Gasteiger partial charge in [0.1, 0.15) is 12.3 Å². The van der Waals surface area contributed by atoms with Gasteiger partial charge in [-0.3, -0.25) is 0 Å². The van der Waals surface area contributed by atoms with Gasteiger partial charge in [0.25, 0.3) is 0 Å². The molecule has 0 saturated carbocycles. The quantitative estimate of drug-likeness (QED) is 0.378. The van der Waals surface area contributed by atoms with E-state index < -0.39 is 11.7 Å². The van der Waals surface area contributed by atoms with Crippen LogP contribution in [0.4, 0.5) is 10.5 Å². The van der Waals surface area contributed by atoms with E-state index in [1.165, 1.54) is 4.58 Å². The van der Waals surface area contributed by atoms with Crippen LogP contribution in [0.1, 0.15) is 26.3 Å². The number of hydrogen-bond acceptors (Lipinski definition) is 2. The number of carbonyl (C=O) groups is 1. The fourth-order valence-electron chi connectivity index (χ4n) is 2.84. The maximum atomic E-state index is 12.1. The van der Waals surface area contributed by atoms with E-state index in [4.69, 9.17) is 22.1 Å². The van der Waals surface area contributed by atoms with Crippen molar-refractivity contribution >= 4 is 51.9 Å². The van der Waals surface area contributed by atoms with Gasteiger partial charge in [-0.15, -0.1) is 21.3 Å². The van der Waals surface area contributed by atoms with Crippen LogP contribution in [0.15, 0.2) is 30.3 Å². The Balaban J connectivity index is 0.00000261. The number of halogens is 1. The van der Waals surface area contributed by atoms with Crippen molar-refractivity contribution < 1.29 is 34.2 Å². The molecule has 3 rings (SSSR count). The number of nitrogens with zero attached hydrogens (tertiary/aromatic N) is 2. The van der Waals surface area contributed by atoms with Crippen LogP contribution in [0.3, 0.4) is 0 Å². The Kier molecular flexibility index (Phi) is 6.35. The smallest absolute Gasteiger partial charge is 0.596 e. The summed E-state index contributed by atoms with van der Waals surface area (Å²) in [4.78, 5) is 16.7. The number of carbonyl (C=O) groups excluding carboxylic acids is 1. The zero-order valence-corrected chi connectivity index (χ0v) is 18.1. The zero-order valence-electron chi connectivity index (χ0n) is 15.5. The van der Waals surface area contributed by atoms with E-state index >= 15 is 0 Å². The van der Waals surface area contributed by atoms with E-state index in [2.05, 4.69) is 11.7 Å². The number of rotatable bonds is 3. The first-order valence-electron chi connectivity index (χ1n) is 8.35. The van der Waals surface area contributed by atoms with Crippen LogP contribution in [0, 0.1) is 0 Å². The molecule has 0 aliphatic heterocycles. The van der Waals surface area contributed by atoms with Gasteiger partial charge in [-0.1, -0.05) is 35.4 Å². The van der Waals surface area contributed by atoms with Gasteiger partial charge >= 0.3 is 6.09 Å². The first kappa shape index (κ1) is 21.4. The molecule has 3 aromatic rings. The Hall–Kier alpha value is -1.88. The first-order chi connectivity index (χ1) is 12.1. The maximum Gasteiger partial charge on any atom is 0.596 e. The summed E-state index contributed by atoms with van der Waals surface area (Å²) < 4.78 is 6.62. The third kappa shape index (κ3) is 4.89. The van der Waals surface area contributed by atoms with Crippen LogP contribution in [-0.4, -0.2) is 29.5 Å². The minimum absolute atomic E-state index is 0. The Morgan fingerprint density at radius 2 is 1.96 bits per heavy atom. The molecule has 0 unspecified atom stereocenters. The predicted molar refractivity (Wildman–Crippen MR) is 106 cm³/mol. The van der Waals surface area contributed by atoms with Crippen molar-refractivity contribution in [3.63, 3.8) is 0 Å². The van der Waals surface area contributed by atoms with Crippen molar-refractivity contribution in [2.45, 2.75) is 32.8 Å². The van der Waals surface area contributed by atoms with Gasteiger partial charge in [0, 0.05) is 31.5 Å². The molecule has 0 atom stereocenters. The first-order valence-corrected chi connectivity index (χ1v) is 8.73. The molecule has 1 radical (unpaired) electrons. The number of amides is 1. The minimum atomic E-state index is -0.564. The van der Waals surface area contributed by atoms with E-state index in [-0.39, 0.29) is 20.1 Å². The summed E-state index contributed by atoms with van der Waals surface area (Å²) in [5, 5.41) is 2.47. The zero-order chi connectivity index (χ0) is 19.1. The molecule has 0 saturated heterocycles. The molecule has 0 aliphatic carbocycles. The summed E-state index contributed by atoms with van der Waals surface area (Å²) in [6, 6.07) is 9.11. The van der Waals surface area contributed by atoms with Crippen molar-refractivity contribution in [1.82, 2.24) is 4.98 Å². The van der Waals surface area contributed by atoms with Crippen molar-refractivity contribution in [3.05, 3.63) is 46.7 Å². The Morgan fingerprint density at radius 1 is 1.26 bits per heavy atom. The molecule has 1 amide bonds. The van der Waals surface area contributed by atoms with Crippen LogP contribution in [0.5, 0.6) is 0 Å². The molecule has 5 nitrogen and oxygen atoms in total. The number of ether oxygens (including phenoxy) is 1. The van der Waals surface area contributed by atoms with E-state index in [0.717, 1.165) is 27.4 Å². The van der Waals surface area contributed by atoms with Gasteiger partial charge in [0.2, 0.25) is 0 Å². The predicted octanol–water partition coefficient (Wildman–Crippen LogP) is 5.48. The topological polar surface area (TPSA) is 67.2 Å². The summed E-state index contributed by atoms with van der Waals surface area (Å²) in [5.41, 5.74) is 10.5. The van der Waals surface area contributed by atoms with Crippen LogP contribution < -0.4 is 4.98 Å². The summed E-state index contributed by atoms with van der Waals surface area (Å²) >= 11 is 6.10. The fourth-order valence-corrected chi connectivity index (χ4v) is 3.01. The van der Waals surface area contributed by atoms with E-state index in [0.29, 0.717) is 23.7 Å². The molecular weight excluding hydrogens is 448 g/mol. The van der Waals surface area contributed by atoms with E-state index in [1.807, 2.05) is 32.9 Å². The summed E-state index contributed by atoms with van der Waals surface area (Å²) in [5.74, 6) is 0. The van der Waals surface area contributed by atoms with Gasteiger partial charge in [-0.2, -0.15) is 4.79 Å². The van der Waals surface area contributed by atoms with E-state index in [9.17, 15) is 4.79 Å². The number of nitrogens with one attached hydrogen (secondary N) is 1. The van der Waals surface area contributed by atoms with Crippen molar-refractivity contribution in [3.8, 4) is 0 Å². The number of hydrogen-bond donors (Lipinski definition) is 0. The molecule has 27 heavy (non-hydrogen) atoms. The average Bonchev–Trinajstić information content (AvgIpc) is 2.88. The third-order valence-corrected chi connectivity index (χ3v) is 4.21. The van der Waals surface area contributed by atoms with Gasteiger partial charge in [-0.25, -0.2) is 0 Å². The second kappa shape index (κ2) is 8.01. The largest absolute Gasteiger partial charge is 0.699 e. The van der Waals surface area contributed by atoms with Crippen molar-refractivity contribution in [2.75, 3.05) is 6.54 Å². The molecule has 0 bridgehead atoms. The third-order valence-electron chi connectivity index (χ3n) is 3.97. The average molecular weight is 469 g/mol. The number of benzene rings is 2. The Bertz CT molecular complexity index is 1020. The monoisotopic (exact) mass is 467 g/mol. The second-order valence-electron chi connectivity index (χ2n) is 7.30. The van der Waals surface area contributed by atoms with Gasteiger partial charge < -0.3 is 15.5 Å². The molecule has 1 N–H and O–H groups in total. The van der Waals surface area contributed by atoms with Gasteiger partial charge in [0.15, 0.2) is 6.54 Å². The minimum Gasteiger partial charge on any atom is -0.699 e. The molecule has 0 spiro atoms. The Labute approximate surface area is 176 Å². The van der Waals surface area contributed by atoms with E-state index in [1.54, 1.807) is 18.2 Å². The number of aromatic nitrogens is 1. The normalized spacial score (nSPS) is 11.4. The molecule has 7 heteroatoms. The van der Waals surface area contributed by atoms with Crippen molar-refractivity contribution in [1.29, 1.82) is 0 Å². The molecule has 2 aromatic carbocycles. The van der Waals surface area contributed by atoms with Crippen molar-refractivity contribution in [2.24, 2.45) is 0 Å². The van der Waals surface area contributed by atoms with Crippen LogP contribution in [0.25, 0.3) is 27.5 Å². The van der Waals surface area contributed by atoms with Gasteiger partial charge in [0.05, 0.1) is 0 Å². The fraction of sp³-hybridized carbons (Fsp3) is 0.300. The summed E-state index contributed by atoms with van der Waals surface area (Å²) in [7, 11) is 0. The summed E-state index contributed by atoms with van der Waals surface area (Å²) in [6.45, 7) is 9.59. The van der Waals surface area contributed by atoms with Crippen LogP contribution in [0.2, 0.25) is 5.02 Å². The molecule has 0 aliphatic rings. The maximum absolute atomic E-state index is 12.1.